The fourth-order valence-electron chi connectivity index (χ4n) is 1.23. The predicted molar refractivity (Wildman–Crippen MR) is 45.8 cm³/mol. The minimum Gasteiger partial charge on any atom is -0.480 e. The summed E-state index contributed by atoms with van der Waals surface area (Å²) in [5.41, 5.74) is 5.37. The van der Waals surface area contributed by atoms with Crippen LogP contribution in [0.2, 0.25) is 0 Å². The van der Waals surface area contributed by atoms with E-state index in [0.717, 1.165) is 12.5 Å². The predicted octanol–water partition coefficient (Wildman–Crippen LogP) is -0.260. The van der Waals surface area contributed by atoms with Crippen molar-refractivity contribution < 1.29 is 9.90 Å². The van der Waals surface area contributed by atoms with Gasteiger partial charge in [-0.15, -0.1) is 0 Å². The van der Waals surface area contributed by atoms with Crippen LogP contribution in [0.25, 0.3) is 0 Å². The van der Waals surface area contributed by atoms with Crippen molar-refractivity contribution in [3.8, 4) is 0 Å². The molecule has 0 aromatic heterocycles. The van der Waals surface area contributed by atoms with E-state index in [4.69, 9.17) is 10.8 Å². The average molecular weight is 172 g/mol. The highest BCUT2D eigenvalue weighted by atomic mass is 16.4. The van der Waals surface area contributed by atoms with Crippen molar-refractivity contribution in [2.45, 2.75) is 18.9 Å². The molecule has 0 aromatic rings. The highest BCUT2D eigenvalue weighted by Crippen LogP contribution is 2.29. The maximum absolute atomic E-state index is 10.4. The van der Waals surface area contributed by atoms with Gasteiger partial charge in [0.2, 0.25) is 0 Å². The van der Waals surface area contributed by atoms with E-state index in [9.17, 15) is 4.79 Å². The van der Waals surface area contributed by atoms with Gasteiger partial charge in [-0.05, 0) is 25.8 Å². The first-order valence-electron chi connectivity index (χ1n) is 4.26. The van der Waals surface area contributed by atoms with Gasteiger partial charge >= 0.3 is 5.97 Å². The third-order valence-corrected chi connectivity index (χ3v) is 2.09. The largest absolute Gasteiger partial charge is 0.480 e. The van der Waals surface area contributed by atoms with Crippen LogP contribution in [0, 0.1) is 5.92 Å². The maximum Gasteiger partial charge on any atom is 0.321 e. The zero-order valence-corrected chi connectivity index (χ0v) is 7.36. The van der Waals surface area contributed by atoms with Crippen LogP contribution in [-0.2, 0) is 4.79 Å². The smallest absolute Gasteiger partial charge is 0.321 e. The SMILES string of the molecule is CN(CC1CC1)CC(N)C(=O)O. The second-order valence-corrected chi connectivity index (χ2v) is 3.61. The van der Waals surface area contributed by atoms with Crippen molar-refractivity contribution in [2.24, 2.45) is 11.7 Å². The molecule has 1 saturated carbocycles. The molecule has 70 valence electrons. The van der Waals surface area contributed by atoms with Gasteiger partial charge in [-0.3, -0.25) is 4.79 Å². The molecule has 0 amide bonds. The van der Waals surface area contributed by atoms with Gasteiger partial charge in [0.25, 0.3) is 0 Å². The van der Waals surface area contributed by atoms with Crippen molar-refractivity contribution in [1.82, 2.24) is 4.90 Å². The van der Waals surface area contributed by atoms with Crippen LogP contribution >= 0.6 is 0 Å². The van der Waals surface area contributed by atoms with E-state index in [1.54, 1.807) is 0 Å². The molecular weight excluding hydrogens is 156 g/mol. The second-order valence-electron chi connectivity index (χ2n) is 3.61. The quantitative estimate of drug-likeness (QED) is 0.599. The highest BCUT2D eigenvalue weighted by molar-refractivity contribution is 5.73. The van der Waals surface area contributed by atoms with Gasteiger partial charge in [0.1, 0.15) is 6.04 Å². The standard InChI is InChI=1S/C8H16N2O2/c1-10(4-6-2-3-6)5-7(9)8(11)12/h6-7H,2-5,9H2,1H3,(H,11,12). The number of nitrogens with two attached hydrogens (primary N) is 1. The summed E-state index contributed by atoms with van der Waals surface area (Å²) < 4.78 is 0. The Hall–Kier alpha value is -0.610. The molecule has 1 atom stereocenters. The van der Waals surface area contributed by atoms with Crippen molar-refractivity contribution in [2.75, 3.05) is 20.1 Å². The van der Waals surface area contributed by atoms with Gasteiger partial charge in [-0.1, -0.05) is 0 Å². The third kappa shape index (κ3) is 3.19. The Balaban J connectivity index is 2.14. The van der Waals surface area contributed by atoms with Crippen LogP contribution in [0.3, 0.4) is 0 Å². The normalized spacial score (nSPS) is 19.6. The molecule has 1 aliphatic carbocycles. The number of carboxylic acid groups (broad SMARTS) is 1. The number of rotatable bonds is 5. The lowest BCUT2D eigenvalue weighted by Crippen LogP contribution is -2.41. The molecule has 4 heteroatoms. The molecule has 0 saturated heterocycles. The van der Waals surface area contributed by atoms with Crippen molar-refractivity contribution in [3.63, 3.8) is 0 Å². The molecular formula is C8H16N2O2. The first kappa shape index (κ1) is 9.48. The number of nitrogens with zero attached hydrogens (tertiary/aromatic N) is 1. The maximum atomic E-state index is 10.4. The Kier molecular flexibility index (Phi) is 3.05. The fraction of sp³-hybridized carbons (Fsp3) is 0.875. The molecule has 0 heterocycles. The van der Waals surface area contributed by atoms with E-state index in [0.29, 0.717) is 6.54 Å². The number of hydrogen-bond donors (Lipinski definition) is 2. The third-order valence-electron chi connectivity index (χ3n) is 2.09. The molecule has 0 spiro atoms. The molecule has 1 unspecified atom stereocenters. The number of likely N-dealkylation sites (N-methyl/N-ethyl adjacent to an activating group) is 1. The topological polar surface area (TPSA) is 66.6 Å². The Morgan fingerprint density at radius 3 is 2.75 bits per heavy atom. The molecule has 0 radical (unpaired) electrons. The van der Waals surface area contributed by atoms with Crippen molar-refractivity contribution in [1.29, 1.82) is 0 Å². The first-order chi connectivity index (χ1) is 5.59. The lowest BCUT2D eigenvalue weighted by Gasteiger charge is -2.18. The zero-order chi connectivity index (χ0) is 9.14. The van der Waals surface area contributed by atoms with Gasteiger partial charge in [-0.2, -0.15) is 0 Å². The summed E-state index contributed by atoms with van der Waals surface area (Å²) in [6.45, 7) is 1.44. The number of carbonyl (C=O) groups is 1. The molecule has 0 bridgehead atoms. The number of hydrogen-bond acceptors (Lipinski definition) is 3. The molecule has 4 nitrogen and oxygen atoms in total. The zero-order valence-electron chi connectivity index (χ0n) is 7.36. The van der Waals surface area contributed by atoms with Crippen LogP contribution in [-0.4, -0.2) is 42.2 Å². The lowest BCUT2D eigenvalue weighted by molar-refractivity contribution is -0.138. The number of aliphatic carboxylic acids is 1. The minimum absolute atomic E-state index is 0.450. The Morgan fingerprint density at radius 2 is 2.33 bits per heavy atom. The van der Waals surface area contributed by atoms with Crippen LogP contribution in [0.5, 0.6) is 0 Å². The van der Waals surface area contributed by atoms with E-state index >= 15 is 0 Å². The molecule has 0 aliphatic heterocycles. The summed E-state index contributed by atoms with van der Waals surface area (Å²) in [7, 11) is 1.92. The summed E-state index contributed by atoms with van der Waals surface area (Å²) in [6, 6.07) is -0.742. The van der Waals surface area contributed by atoms with Crippen LogP contribution in [0.4, 0.5) is 0 Å². The molecule has 0 aromatic carbocycles. The second kappa shape index (κ2) is 3.87. The van der Waals surface area contributed by atoms with E-state index in [-0.39, 0.29) is 0 Å². The van der Waals surface area contributed by atoms with E-state index in [1.807, 2.05) is 11.9 Å². The highest BCUT2D eigenvalue weighted by Gasteiger charge is 2.24. The van der Waals surface area contributed by atoms with Crippen LogP contribution in [0.15, 0.2) is 0 Å². The Morgan fingerprint density at radius 1 is 1.75 bits per heavy atom. The lowest BCUT2D eigenvalue weighted by atomic mass is 10.3. The van der Waals surface area contributed by atoms with Crippen molar-refractivity contribution in [3.05, 3.63) is 0 Å². The van der Waals surface area contributed by atoms with Gasteiger partial charge in [0.05, 0.1) is 0 Å². The molecule has 12 heavy (non-hydrogen) atoms. The molecule has 1 aliphatic rings. The summed E-state index contributed by atoms with van der Waals surface area (Å²) in [6.07, 6.45) is 2.57. The summed E-state index contributed by atoms with van der Waals surface area (Å²) in [4.78, 5) is 12.4. The van der Waals surface area contributed by atoms with E-state index in [1.165, 1.54) is 12.8 Å². The van der Waals surface area contributed by atoms with E-state index < -0.39 is 12.0 Å². The van der Waals surface area contributed by atoms with Gasteiger partial charge in [0.15, 0.2) is 0 Å². The van der Waals surface area contributed by atoms with Crippen LogP contribution < -0.4 is 5.73 Å². The van der Waals surface area contributed by atoms with Gasteiger partial charge in [-0.25, -0.2) is 0 Å². The average Bonchev–Trinajstić information content (AvgIpc) is 2.71. The molecule has 1 rings (SSSR count). The fourth-order valence-corrected chi connectivity index (χ4v) is 1.23. The van der Waals surface area contributed by atoms with Crippen LogP contribution in [0.1, 0.15) is 12.8 Å². The first-order valence-corrected chi connectivity index (χ1v) is 4.26. The van der Waals surface area contributed by atoms with Gasteiger partial charge in [0, 0.05) is 13.1 Å². The summed E-state index contributed by atoms with van der Waals surface area (Å²) in [5, 5.41) is 8.53. The number of carboxylic acids is 1. The minimum atomic E-state index is -0.919. The monoisotopic (exact) mass is 172 g/mol. The molecule has 1 fully saturated rings. The summed E-state index contributed by atoms with van der Waals surface area (Å²) >= 11 is 0. The van der Waals surface area contributed by atoms with Crippen molar-refractivity contribution >= 4 is 5.97 Å². The Bertz CT molecular complexity index is 168. The van der Waals surface area contributed by atoms with E-state index in [2.05, 4.69) is 0 Å². The van der Waals surface area contributed by atoms with Gasteiger partial charge < -0.3 is 15.7 Å². The Labute approximate surface area is 72.3 Å². The molecule has 3 N–H and O–H groups in total. The summed E-state index contributed by atoms with van der Waals surface area (Å²) in [5.74, 6) is -0.131.